The molecule has 0 saturated carbocycles. The Balaban J connectivity index is 2.11. The van der Waals surface area contributed by atoms with Crippen molar-refractivity contribution in [1.82, 2.24) is 5.16 Å². The van der Waals surface area contributed by atoms with E-state index < -0.39 is 0 Å². The third kappa shape index (κ3) is 2.39. The molecule has 4 nitrogen and oxygen atoms in total. The Morgan fingerprint density at radius 1 is 1.10 bits per heavy atom. The summed E-state index contributed by atoms with van der Waals surface area (Å²) in [5.74, 6) is 1.30. The van der Waals surface area contributed by atoms with Gasteiger partial charge in [0.2, 0.25) is 0 Å². The highest BCUT2D eigenvalue weighted by Crippen LogP contribution is 2.43. The lowest BCUT2D eigenvalue weighted by atomic mass is 9.92. The van der Waals surface area contributed by atoms with Crippen molar-refractivity contribution in [2.24, 2.45) is 0 Å². The van der Waals surface area contributed by atoms with Crippen LogP contribution in [0, 0.1) is 0 Å². The van der Waals surface area contributed by atoms with Gasteiger partial charge in [0.05, 0.1) is 15.6 Å². The summed E-state index contributed by atoms with van der Waals surface area (Å²) >= 11 is 12.5. The molecule has 1 fully saturated rings. The van der Waals surface area contributed by atoms with E-state index in [2.05, 4.69) is 5.16 Å². The molecule has 1 saturated heterocycles. The molecule has 0 unspecified atom stereocenters. The molecule has 0 spiro atoms. The first-order valence-corrected chi connectivity index (χ1v) is 7.21. The number of anilines is 1. The van der Waals surface area contributed by atoms with E-state index in [0.717, 1.165) is 18.6 Å². The number of hydrogen-bond acceptors (Lipinski definition) is 4. The first kappa shape index (κ1) is 13.7. The SMILES string of the molecule is Nc1noc(C2CCOCC2)c1-c1c(Cl)cccc1Cl. The van der Waals surface area contributed by atoms with Crippen LogP contribution in [0.25, 0.3) is 11.1 Å². The molecule has 0 amide bonds. The van der Waals surface area contributed by atoms with Crippen LogP contribution >= 0.6 is 23.2 Å². The molecule has 1 aromatic carbocycles. The minimum absolute atomic E-state index is 0.232. The van der Waals surface area contributed by atoms with Crippen molar-refractivity contribution in [3.05, 3.63) is 34.0 Å². The second-order valence-corrected chi connectivity index (χ2v) is 5.60. The summed E-state index contributed by atoms with van der Waals surface area (Å²) < 4.78 is 10.8. The standard InChI is InChI=1S/C14H14Cl2N2O2/c15-9-2-1-3-10(16)11(9)12-13(20-18-14(12)17)8-4-6-19-7-5-8/h1-3,8H,4-7H2,(H2,17,18). The quantitative estimate of drug-likeness (QED) is 0.906. The number of rotatable bonds is 2. The van der Waals surface area contributed by atoms with E-state index >= 15 is 0 Å². The topological polar surface area (TPSA) is 61.3 Å². The highest BCUT2D eigenvalue weighted by atomic mass is 35.5. The maximum Gasteiger partial charge on any atom is 0.175 e. The zero-order chi connectivity index (χ0) is 14.1. The number of nitrogens with zero attached hydrogens (tertiary/aromatic N) is 1. The summed E-state index contributed by atoms with van der Waals surface area (Å²) in [6.07, 6.45) is 1.76. The normalized spacial score (nSPS) is 16.5. The Labute approximate surface area is 126 Å². The van der Waals surface area contributed by atoms with Crippen LogP contribution in [0.3, 0.4) is 0 Å². The van der Waals surface area contributed by atoms with Crippen molar-refractivity contribution in [2.45, 2.75) is 18.8 Å². The lowest BCUT2D eigenvalue weighted by molar-refractivity contribution is 0.0793. The van der Waals surface area contributed by atoms with Gasteiger partial charge in [-0.1, -0.05) is 34.4 Å². The number of ether oxygens (including phenoxy) is 1. The Hall–Kier alpha value is -1.23. The minimum atomic E-state index is 0.232. The molecule has 0 bridgehead atoms. The van der Waals surface area contributed by atoms with Gasteiger partial charge < -0.3 is 15.0 Å². The molecule has 0 atom stereocenters. The van der Waals surface area contributed by atoms with E-state index in [0.29, 0.717) is 40.2 Å². The molecule has 20 heavy (non-hydrogen) atoms. The second kappa shape index (κ2) is 5.64. The monoisotopic (exact) mass is 312 g/mol. The van der Waals surface area contributed by atoms with Crippen molar-refractivity contribution in [3.63, 3.8) is 0 Å². The highest BCUT2D eigenvalue weighted by Gasteiger charge is 2.28. The predicted octanol–water partition coefficient (Wildman–Crippen LogP) is 4.12. The molecule has 1 aromatic heterocycles. The first-order chi connectivity index (χ1) is 9.68. The Bertz CT molecular complexity index is 601. The molecule has 106 valence electrons. The molecule has 6 heteroatoms. The van der Waals surface area contributed by atoms with E-state index in [1.54, 1.807) is 18.2 Å². The van der Waals surface area contributed by atoms with Gasteiger partial charge in [-0.25, -0.2) is 0 Å². The van der Waals surface area contributed by atoms with Crippen LogP contribution in [0.2, 0.25) is 10.0 Å². The Morgan fingerprint density at radius 2 is 1.75 bits per heavy atom. The summed E-state index contributed by atoms with van der Waals surface area (Å²) in [7, 11) is 0. The molecule has 2 N–H and O–H groups in total. The second-order valence-electron chi connectivity index (χ2n) is 4.79. The summed E-state index contributed by atoms with van der Waals surface area (Å²) in [4.78, 5) is 0. The lowest BCUT2D eigenvalue weighted by Crippen LogP contribution is -2.14. The molecule has 1 aliphatic rings. The van der Waals surface area contributed by atoms with Crippen LogP contribution < -0.4 is 5.73 Å². The lowest BCUT2D eigenvalue weighted by Gasteiger charge is -2.21. The summed E-state index contributed by atoms with van der Waals surface area (Å²) in [6.45, 7) is 1.42. The zero-order valence-corrected chi connectivity index (χ0v) is 12.2. The van der Waals surface area contributed by atoms with Crippen molar-refractivity contribution >= 4 is 29.0 Å². The fourth-order valence-electron chi connectivity index (χ4n) is 2.54. The van der Waals surface area contributed by atoms with Gasteiger partial charge in [-0.05, 0) is 25.0 Å². The van der Waals surface area contributed by atoms with E-state index in [4.69, 9.17) is 38.2 Å². The fraction of sp³-hybridized carbons (Fsp3) is 0.357. The van der Waals surface area contributed by atoms with Gasteiger partial charge in [-0.2, -0.15) is 0 Å². The number of hydrogen-bond donors (Lipinski definition) is 1. The Kier molecular flexibility index (Phi) is 3.87. The first-order valence-electron chi connectivity index (χ1n) is 6.45. The largest absolute Gasteiger partial charge is 0.381 e. The predicted molar refractivity (Wildman–Crippen MR) is 79.2 cm³/mol. The average molecular weight is 313 g/mol. The molecule has 0 aliphatic carbocycles. The van der Waals surface area contributed by atoms with E-state index in [9.17, 15) is 0 Å². The van der Waals surface area contributed by atoms with Crippen molar-refractivity contribution in [2.75, 3.05) is 18.9 Å². The van der Waals surface area contributed by atoms with Gasteiger partial charge in [0.15, 0.2) is 5.82 Å². The summed E-state index contributed by atoms with van der Waals surface area (Å²) in [5, 5.41) is 4.98. The van der Waals surface area contributed by atoms with Gasteiger partial charge in [-0.15, -0.1) is 0 Å². The van der Waals surface area contributed by atoms with Crippen molar-refractivity contribution in [1.29, 1.82) is 0 Å². The van der Waals surface area contributed by atoms with E-state index in [1.807, 2.05) is 0 Å². The number of nitrogens with two attached hydrogens (primary N) is 1. The van der Waals surface area contributed by atoms with E-state index in [-0.39, 0.29) is 5.92 Å². The number of benzene rings is 1. The summed E-state index contributed by atoms with van der Waals surface area (Å²) in [5.41, 5.74) is 7.37. The maximum atomic E-state index is 6.27. The number of nitrogen functional groups attached to an aromatic ring is 1. The number of halogens is 2. The zero-order valence-electron chi connectivity index (χ0n) is 10.7. The third-order valence-corrected chi connectivity index (χ3v) is 4.18. The van der Waals surface area contributed by atoms with Crippen molar-refractivity contribution in [3.8, 4) is 11.1 Å². The highest BCUT2D eigenvalue weighted by molar-refractivity contribution is 6.39. The minimum Gasteiger partial charge on any atom is -0.381 e. The fourth-order valence-corrected chi connectivity index (χ4v) is 3.13. The molecule has 3 rings (SSSR count). The van der Waals surface area contributed by atoms with Crippen LogP contribution in [-0.4, -0.2) is 18.4 Å². The number of aromatic nitrogens is 1. The molecule has 2 heterocycles. The third-order valence-electron chi connectivity index (χ3n) is 3.55. The van der Waals surface area contributed by atoms with Gasteiger partial charge >= 0.3 is 0 Å². The van der Waals surface area contributed by atoms with Gasteiger partial charge in [-0.3, -0.25) is 0 Å². The smallest absolute Gasteiger partial charge is 0.175 e. The van der Waals surface area contributed by atoms with Crippen LogP contribution in [0.5, 0.6) is 0 Å². The molecular formula is C14H14Cl2N2O2. The molecule has 0 radical (unpaired) electrons. The Morgan fingerprint density at radius 3 is 2.40 bits per heavy atom. The van der Waals surface area contributed by atoms with Crippen LogP contribution in [0.15, 0.2) is 22.7 Å². The van der Waals surface area contributed by atoms with Crippen LogP contribution in [-0.2, 0) is 4.74 Å². The van der Waals surface area contributed by atoms with Crippen LogP contribution in [0.1, 0.15) is 24.5 Å². The van der Waals surface area contributed by atoms with Gasteiger partial charge in [0, 0.05) is 24.7 Å². The van der Waals surface area contributed by atoms with Crippen molar-refractivity contribution < 1.29 is 9.26 Å². The molecular weight excluding hydrogens is 299 g/mol. The molecule has 2 aromatic rings. The maximum absolute atomic E-state index is 6.27. The van der Waals surface area contributed by atoms with Gasteiger partial charge in [0.1, 0.15) is 5.76 Å². The van der Waals surface area contributed by atoms with Crippen LogP contribution in [0.4, 0.5) is 5.82 Å². The average Bonchev–Trinajstić information content (AvgIpc) is 2.82. The van der Waals surface area contributed by atoms with Gasteiger partial charge in [0.25, 0.3) is 0 Å². The van der Waals surface area contributed by atoms with E-state index in [1.165, 1.54) is 0 Å². The summed E-state index contributed by atoms with van der Waals surface area (Å²) in [6, 6.07) is 5.36. The molecule has 1 aliphatic heterocycles.